The molecule has 0 aliphatic carbocycles. The lowest BCUT2D eigenvalue weighted by Gasteiger charge is -1.95. The normalized spacial score (nSPS) is 10.7. The Morgan fingerprint density at radius 3 is 3.06 bits per heavy atom. The Labute approximate surface area is 104 Å². The number of nitrogens with one attached hydrogen (secondary N) is 1. The fourth-order valence-corrected chi connectivity index (χ4v) is 2.14. The van der Waals surface area contributed by atoms with E-state index in [1.807, 2.05) is 11.4 Å². The summed E-state index contributed by atoms with van der Waals surface area (Å²) in [4.78, 5) is 0.934. The molecule has 0 atom stereocenters. The number of hydrogen-bond acceptors (Lipinski definition) is 6. The minimum absolute atomic E-state index is 0.560. The second-order valence-corrected chi connectivity index (χ2v) is 4.37. The Morgan fingerprint density at radius 2 is 2.35 bits per heavy atom. The van der Waals surface area contributed by atoms with Crippen molar-refractivity contribution >= 4 is 11.3 Å². The number of hydrogen-bond donors (Lipinski definition) is 1. The Kier molecular flexibility index (Phi) is 4.11. The van der Waals surface area contributed by atoms with Gasteiger partial charge >= 0.3 is 0 Å². The number of aromatic nitrogens is 2. The van der Waals surface area contributed by atoms with E-state index in [9.17, 15) is 0 Å². The van der Waals surface area contributed by atoms with Gasteiger partial charge < -0.3 is 14.5 Å². The van der Waals surface area contributed by atoms with E-state index >= 15 is 0 Å². The molecule has 0 amide bonds. The monoisotopic (exact) mass is 253 g/mol. The van der Waals surface area contributed by atoms with Gasteiger partial charge in [0.15, 0.2) is 0 Å². The highest BCUT2D eigenvalue weighted by molar-refractivity contribution is 7.13. The maximum Gasteiger partial charge on any atom is 0.257 e. The van der Waals surface area contributed by atoms with Gasteiger partial charge in [0.2, 0.25) is 5.89 Å². The fraction of sp³-hybridized carbons (Fsp3) is 0.455. The molecule has 2 aromatic heterocycles. The van der Waals surface area contributed by atoms with Gasteiger partial charge in [-0.2, -0.15) is 0 Å². The zero-order chi connectivity index (χ0) is 12.1. The summed E-state index contributed by atoms with van der Waals surface area (Å²) in [7, 11) is 1.64. The van der Waals surface area contributed by atoms with E-state index in [1.165, 1.54) is 11.3 Å². The van der Waals surface area contributed by atoms with Crippen molar-refractivity contribution in [3.8, 4) is 16.5 Å². The molecule has 0 spiro atoms. The van der Waals surface area contributed by atoms with E-state index < -0.39 is 0 Å². The molecule has 1 N–H and O–H groups in total. The molecule has 92 valence electrons. The highest BCUT2D eigenvalue weighted by Gasteiger charge is 2.10. The molecule has 5 nitrogen and oxygen atoms in total. The number of thiophene rings is 1. The van der Waals surface area contributed by atoms with Crippen molar-refractivity contribution in [3.05, 3.63) is 17.3 Å². The van der Waals surface area contributed by atoms with E-state index in [1.54, 1.807) is 7.11 Å². The Bertz CT molecular complexity index is 467. The lowest BCUT2D eigenvalue weighted by atomic mass is 10.4. The van der Waals surface area contributed by atoms with Gasteiger partial charge in [0.25, 0.3) is 5.89 Å². The lowest BCUT2D eigenvalue weighted by Crippen LogP contribution is -2.16. The first-order valence-corrected chi connectivity index (χ1v) is 6.37. The van der Waals surface area contributed by atoms with Crippen LogP contribution in [0, 0.1) is 0 Å². The van der Waals surface area contributed by atoms with E-state index in [-0.39, 0.29) is 0 Å². The van der Waals surface area contributed by atoms with Crippen LogP contribution in [-0.2, 0) is 6.42 Å². The molecule has 2 rings (SSSR count). The molecule has 0 unspecified atom stereocenters. The molecule has 0 aliphatic rings. The van der Waals surface area contributed by atoms with Crippen LogP contribution in [-0.4, -0.2) is 30.4 Å². The summed E-state index contributed by atoms with van der Waals surface area (Å²) in [5.41, 5.74) is 0. The van der Waals surface area contributed by atoms with Gasteiger partial charge in [0.1, 0.15) is 5.75 Å². The zero-order valence-electron chi connectivity index (χ0n) is 9.90. The van der Waals surface area contributed by atoms with Crippen molar-refractivity contribution in [1.29, 1.82) is 0 Å². The molecule has 0 radical (unpaired) electrons. The molecule has 0 fully saturated rings. The van der Waals surface area contributed by atoms with Crippen LogP contribution in [0.5, 0.6) is 5.75 Å². The zero-order valence-corrected chi connectivity index (χ0v) is 10.7. The average Bonchev–Trinajstić information content (AvgIpc) is 2.97. The van der Waals surface area contributed by atoms with Crippen molar-refractivity contribution < 1.29 is 9.15 Å². The Morgan fingerprint density at radius 1 is 1.47 bits per heavy atom. The third-order valence-corrected chi connectivity index (χ3v) is 3.15. The second kappa shape index (κ2) is 5.79. The molecule has 17 heavy (non-hydrogen) atoms. The van der Waals surface area contributed by atoms with Crippen LogP contribution < -0.4 is 10.1 Å². The van der Waals surface area contributed by atoms with Gasteiger partial charge in [0, 0.05) is 24.4 Å². The molecule has 0 aromatic carbocycles. The van der Waals surface area contributed by atoms with Gasteiger partial charge in [-0.25, -0.2) is 0 Å². The van der Waals surface area contributed by atoms with Crippen LogP contribution in [0.3, 0.4) is 0 Å². The summed E-state index contributed by atoms with van der Waals surface area (Å²) in [6, 6.07) is 1.90. The standard InChI is InChI=1S/C11H15N3O2S/c1-3-12-5-4-10-13-14-11(16-10)9-6-8(15-2)7-17-9/h6-7,12H,3-5H2,1-2H3. The first-order chi connectivity index (χ1) is 8.33. The number of nitrogens with zero attached hydrogens (tertiary/aromatic N) is 2. The molecular weight excluding hydrogens is 238 g/mol. The summed E-state index contributed by atoms with van der Waals surface area (Å²) >= 11 is 1.53. The van der Waals surface area contributed by atoms with Gasteiger partial charge in [-0.3, -0.25) is 0 Å². The van der Waals surface area contributed by atoms with Crippen molar-refractivity contribution in [2.24, 2.45) is 0 Å². The number of likely N-dealkylation sites (N-methyl/N-ethyl adjacent to an activating group) is 1. The molecular formula is C11H15N3O2S. The van der Waals surface area contributed by atoms with Gasteiger partial charge in [-0.05, 0) is 6.54 Å². The van der Waals surface area contributed by atoms with Crippen LogP contribution >= 0.6 is 11.3 Å². The number of methoxy groups -OCH3 is 1. The maximum atomic E-state index is 5.57. The van der Waals surface area contributed by atoms with Crippen LogP contribution in [0.2, 0.25) is 0 Å². The predicted molar refractivity (Wildman–Crippen MR) is 66.4 cm³/mol. The quantitative estimate of drug-likeness (QED) is 0.797. The van der Waals surface area contributed by atoms with Crippen molar-refractivity contribution in [2.45, 2.75) is 13.3 Å². The number of rotatable bonds is 6. The van der Waals surface area contributed by atoms with E-state index in [4.69, 9.17) is 9.15 Å². The molecule has 2 aromatic rings. The Balaban J connectivity index is 2.02. The topological polar surface area (TPSA) is 60.2 Å². The van der Waals surface area contributed by atoms with E-state index in [0.717, 1.165) is 30.1 Å². The molecule has 2 heterocycles. The Hall–Kier alpha value is -1.40. The molecule has 0 aliphatic heterocycles. The maximum absolute atomic E-state index is 5.57. The molecule has 6 heteroatoms. The highest BCUT2D eigenvalue weighted by atomic mass is 32.1. The fourth-order valence-electron chi connectivity index (χ4n) is 1.36. The largest absolute Gasteiger partial charge is 0.496 e. The van der Waals surface area contributed by atoms with Crippen molar-refractivity contribution in [3.63, 3.8) is 0 Å². The van der Waals surface area contributed by atoms with Gasteiger partial charge in [-0.15, -0.1) is 21.5 Å². The first kappa shape index (κ1) is 12.1. The third-order valence-electron chi connectivity index (χ3n) is 2.25. The summed E-state index contributed by atoms with van der Waals surface area (Å²) in [5.74, 6) is 2.04. The van der Waals surface area contributed by atoms with Crippen molar-refractivity contribution in [1.82, 2.24) is 15.5 Å². The minimum atomic E-state index is 0.560. The van der Waals surface area contributed by atoms with E-state index in [2.05, 4.69) is 22.4 Å². The predicted octanol–water partition coefficient (Wildman–Crippen LogP) is 1.96. The second-order valence-electron chi connectivity index (χ2n) is 3.46. The third kappa shape index (κ3) is 3.04. The summed E-state index contributed by atoms with van der Waals surface area (Å²) < 4.78 is 10.7. The smallest absolute Gasteiger partial charge is 0.257 e. The average molecular weight is 253 g/mol. The number of ether oxygens (including phenoxy) is 1. The van der Waals surface area contributed by atoms with Crippen LogP contribution in [0.1, 0.15) is 12.8 Å². The summed E-state index contributed by atoms with van der Waals surface area (Å²) in [6.45, 7) is 3.87. The molecule has 0 saturated heterocycles. The van der Waals surface area contributed by atoms with Crippen LogP contribution in [0.15, 0.2) is 15.9 Å². The molecule has 0 saturated carbocycles. The summed E-state index contributed by atoms with van der Waals surface area (Å²) in [5, 5.41) is 13.2. The summed E-state index contributed by atoms with van der Waals surface area (Å²) in [6.07, 6.45) is 0.753. The molecule has 0 bridgehead atoms. The minimum Gasteiger partial charge on any atom is -0.496 e. The highest BCUT2D eigenvalue weighted by Crippen LogP contribution is 2.29. The van der Waals surface area contributed by atoms with E-state index in [0.29, 0.717) is 11.8 Å². The van der Waals surface area contributed by atoms with Crippen LogP contribution in [0.25, 0.3) is 10.8 Å². The lowest BCUT2D eigenvalue weighted by molar-refractivity contribution is 0.416. The van der Waals surface area contributed by atoms with Crippen molar-refractivity contribution in [2.75, 3.05) is 20.2 Å². The first-order valence-electron chi connectivity index (χ1n) is 5.49. The SMILES string of the molecule is CCNCCc1nnc(-c2cc(OC)cs2)o1. The van der Waals surface area contributed by atoms with Gasteiger partial charge in [0.05, 0.1) is 12.0 Å². The van der Waals surface area contributed by atoms with Gasteiger partial charge in [-0.1, -0.05) is 6.92 Å². The van der Waals surface area contributed by atoms with Crippen LogP contribution in [0.4, 0.5) is 0 Å².